The third kappa shape index (κ3) is 4.75. The molecule has 2 aliphatic rings. The smallest absolute Gasteiger partial charge is 0.308 e. The number of rotatable bonds is 7. The third-order valence-electron chi connectivity index (χ3n) is 3.44. The van der Waals surface area contributed by atoms with E-state index in [2.05, 4.69) is 26.6 Å². The summed E-state index contributed by atoms with van der Waals surface area (Å²) in [6.45, 7) is 12.5. The summed E-state index contributed by atoms with van der Waals surface area (Å²) in [5.41, 5.74) is 0. The molecule has 0 aliphatic carbocycles. The highest BCUT2D eigenvalue weighted by atomic mass is 28.4. The highest BCUT2D eigenvalue weighted by Gasteiger charge is 2.56. The van der Waals surface area contributed by atoms with Crippen molar-refractivity contribution in [1.29, 1.82) is 0 Å². The van der Waals surface area contributed by atoms with Gasteiger partial charge in [0, 0.05) is 7.11 Å². The normalized spacial score (nSPS) is 31.0. The first-order valence-electron chi connectivity index (χ1n) is 8.43. The maximum absolute atomic E-state index is 6.12. The predicted molar refractivity (Wildman–Crippen MR) is 92.5 cm³/mol. The van der Waals surface area contributed by atoms with E-state index in [9.17, 15) is 0 Å². The summed E-state index contributed by atoms with van der Waals surface area (Å²) < 4.78 is 35.2. The topological polar surface area (TPSA) is 55.4 Å². The molecule has 0 aromatic heterocycles. The fraction of sp³-hybridized carbons (Fsp3) is 0.765. The number of methoxy groups -OCH3 is 1. The van der Waals surface area contributed by atoms with Crippen molar-refractivity contribution in [2.75, 3.05) is 13.7 Å². The Kier molecular flexibility index (Phi) is 6.01. The molecule has 0 aromatic rings. The lowest BCUT2D eigenvalue weighted by Gasteiger charge is -2.25. The first-order chi connectivity index (χ1) is 11.2. The predicted octanol–water partition coefficient (Wildman–Crippen LogP) is 3.51. The minimum absolute atomic E-state index is 0.338. The zero-order valence-corrected chi connectivity index (χ0v) is 16.8. The Labute approximate surface area is 145 Å². The van der Waals surface area contributed by atoms with Crippen LogP contribution in [0.1, 0.15) is 27.2 Å². The fourth-order valence-corrected chi connectivity index (χ4v) is 3.30. The molecule has 2 saturated heterocycles. The van der Waals surface area contributed by atoms with Gasteiger partial charge in [-0.25, -0.2) is 0 Å². The Hall–Kier alpha value is -1.02. The second kappa shape index (κ2) is 7.47. The molecule has 24 heavy (non-hydrogen) atoms. The maximum atomic E-state index is 6.12. The van der Waals surface area contributed by atoms with E-state index in [-0.39, 0.29) is 6.10 Å². The third-order valence-corrected chi connectivity index (χ3v) is 4.24. The number of ether oxygens (including phenoxy) is 5. The van der Waals surface area contributed by atoms with Crippen LogP contribution in [0.25, 0.3) is 0 Å². The van der Waals surface area contributed by atoms with E-state index >= 15 is 0 Å². The first kappa shape index (κ1) is 19.3. The summed E-state index contributed by atoms with van der Waals surface area (Å²) in [4.78, 5) is 0. The molecule has 0 N–H and O–H groups in total. The van der Waals surface area contributed by atoms with Crippen LogP contribution < -0.4 is 0 Å². The molecule has 0 unspecified atom stereocenters. The molecule has 0 aromatic carbocycles. The summed E-state index contributed by atoms with van der Waals surface area (Å²) in [5.74, 6) is 0.198. The van der Waals surface area contributed by atoms with Gasteiger partial charge in [-0.2, -0.15) is 0 Å². The van der Waals surface area contributed by atoms with Crippen LogP contribution in [0.15, 0.2) is 23.9 Å². The summed E-state index contributed by atoms with van der Waals surface area (Å²) in [7, 11) is -0.306. The van der Waals surface area contributed by atoms with Crippen molar-refractivity contribution in [1.82, 2.24) is 0 Å². The molecule has 7 heteroatoms. The maximum Gasteiger partial charge on any atom is 0.308 e. The quantitative estimate of drug-likeness (QED) is 0.394. The van der Waals surface area contributed by atoms with Gasteiger partial charge in [0.1, 0.15) is 6.61 Å². The summed E-state index contributed by atoms with van der Waals surface area (Å²) in [6, 6.07) is 0. The average molecular weight is 359 g/mol. The fourth-order valence-electron chi connectivity index (χ4n) is 2.58. The highest BCUT2D eigenvalue weighted by molar-refractivity contribution is 6.70. The van der Waals surface area contributed by atoms with Crippen molar-refractivity contribution >= 4 is 8.32 Å². The lowest BCUT2D eigenvalue weighted by atomic mass is 10.2. The van der Waals surface area contributed by atoms with E-state index in [1.54, 1.807) is 7.11 Å². The van der Waals surface area contributed by atoms with E-state index in [4.69, 9.17) is 28.1 Å². The summed E-state index contributed by atoms with van der Waals surface area (Å²) >= 11 is 0. The van der Waals surface area contributed by atoms with Crippen molar-refractivity contribution in [2.24, 2.45) is 0 Å². The molecule has 2 aliphatic heterocycles. The minimum Gasteiger partial charge on any atom is -0.517 e. The van der Waals surface area contributed by atoms with Crippen molar-refractivity contribution in [2.45, 2.75) is 71.1 Å². The van der Waals surface area contributed by atoms with E-state index in [1.165, 1.54) is 0 Å². The van der Waals surface area contributed by atoms with Gasteiger partial charge in [-0.1, -0.05) is 19.1 Å². The monoisotopic (exact) mass is 358 g/mol. The lowest BCUT2D eigenvalue weighted by molar-refractivity contribution is -0.203. The molecule has 0 amide bonds. The molecule has 2 fully saturated rings. The molecule has 138 valence electrons. The molecule has 2 heterocycles. The van der Waals surface area contributed by atoms with Crippen molar-refractivity contribution in [3.63, 3.8) is 0 Å². The Morgan fingerprint density at radius 2 is 1.92 bits per heavy atom. The van der Waals surface area contributed by atoms with Crippen molar-refractivity contribution in [3.8, 4) is 0 Å². The Balaban J connectivity index is 2.27. The number of allylic oxidation sites excluding steroid dienone is 1. The van der Waals surface area contributed by atoms with Gasteiger partial charge in [-0.3, -0.25) is 0 Å². The molecule has 0 saturated carbocycles. The molecule has 2 rings (SSSR count). The Morgan fingerprint density at radius 1 is 1.21 bits per heavy atom. The number of hydrogen-bond acceptors (Lipinski definition) is 6. The van der Waals surface area contributed by atoms with Crippen LogP contribution in [0.5, 0.6) is 0 Å². The Morgan fingerprint density at radius 3 is 2.50 bits per heavy atom. The second-order valence-corrected chi connectivity index (χ2v) is 11.7. The molecular weight excluding hydrogens is 328 g/mol. The van der Waals surface area contributed by atoms with Gasteiger partial charge in [-0.15, -0.1) is 0 Å². The standard InChI is InChI=1S/C17H30O6Si/c1-8-9-10-11-19-16(23-24(5,6)7)13-12-14(15(18-4)20-13)22-17(2,3)21-12/h9-10,12,14-15H,8,11H2,1-7H3/b10-9-,16-13-/t12-,14-,15-/m0/s1. The summed E-state index contributed by atoms with van der Waals surface area (Å²) in [5, 5.41) is 0. The van der Waals surface area contributed by atoms with Crippen LogP contribution in [0.4, 0.5) is 0 Å². The van der Waals surface area contributed by atoms with Crippen molar-refractivity contribution in [3.05, 3.63) is 23.9 Å². The Bertz CT molecular complexity index is 494. The molecule has 6 nitrogen and oxygen atoms in total. The summed E-state index contributed by atoms with van der Waals surface area (Å²) in [6.07, 6.45) is 3.70. The minimum atomic E-state index is -1.89. The highest BCUT2D eigenvalue weighted by Crippen LogP contribution is 2.42. The average Bonchev–Trinajstić information content (AvgIpc) is 2.94. The molecule has 0 bridgehead atoms. The lowest BCUT2D eigenvalue weighted by Crippen LogP contribution is -2.30. The molecular formula is C17H30O6Si. The molecule has 0 spiro atoms. The van der Waals surface area contributed by atoms with E-state index < -0.39 is 26.5 Å². The second-order valence-electron chi connectivity index (χ2n) is 7.30. The van der Waals surface area contributed by atoms with Gasteiger partial charge in [-0.05, 0) is 39.9 Å². The first-order valence-corrected chi connectivity index (χ1v) is 11.8. The van der Waals surface area contributed by atoms with E-state index in [0.29, 0.717) is 18.3 Å². The van der Waals surface area contributed by atoms with Gasteiger partial charge in [0.05, 0.1) is 0 Å². The molecule has 3 atom stereocenters. The largest absolute Gasteiger partial charge is 0.517 e. The number of hydrogen-bond donors (Lipinski definition) is 0. The van der Waals surface area contributed by atoms with E-state index in [0.717, 1.165) is 6.42 Å². The van der Waals surface area contributed by atoms with Crippen LogP contribution in [0.2, 0.25) is 19.6 Å². The zero-order chi connectivity index (χ0) is 18.0. The van der Waals surface area contributed by atoms with E-state index in [1.807, 2.05) is 26.0 Å². The SMILES string of the molecule is CC/C=C\CO/C(O[Si](C)(C)C)=C1/O[C@H](OC)[C@H]2OC(C)(C)O[C@@H]12. The zero-order valence-electron chi connectivity index (χ0n) is 15.8. The van der Waals surface area contributed by atoms with Gasteiger partial charge in [0.2, 0.25) is 20.4 Å². The van der Waals surface area contributed by atoms with Gasteiger partial charge in [0.25, 0.3) is 0 Å². The van der Waals surface area contributed by atoms with Crippen LogP contribution in [-0.2, 0) is 28.1 Å². The van der Waals surface area contributed by atoms with Gasteiger partial charge < -0.3 is 28.1 Å². The van der Waals surface area contributed by atoms with Crippen LogP contribution in [0, 0.1) is 0 Å². The van der Waals surface area contributed by atoms with Crippen molar-refractivity contribution < 1.29 is 28.1 Å². The van der Waals surface area contributed by atoms with Crippen LogP contribution >= 0.6 is 0 Å². The van der Waals surface area contributed by atoms with Gasteiger partial charge in [0.15, 0.2) is 18.0 Å². The molecule has 0 radical (unpaired) electrons. The van der Waals surface area contributed by atoms with Gasteiger partial charge >= 0.3 is 5.95 Å². The number of fused-ring (bicyclic) bond motifs is 1. The van der Waals surface area contributed by atoms with Crippen LogP contribution in [-0.4, -0.2) is 46.3 Å². The van der Waals surface area contributed by atoms with Crippen LogP contribution in [0.3, 0.4) is 0 Å².